The Kier molecular flexibility index (Phi) is 5.78. The molecule has 0 saturated carbocycles. The number of hydrogen-bond acceptors (Lipinski definition) is 5. The van der Waals surface area contributed by atoms with E-state index in [1.807, 2.05) is 6.92 Å². The molecule has 0 aromatic carbocycles. The molecule has 1 rings (SSSR count). The van der Waals surface area contributed by atoms with Gasteiger partial charge in [0.1, 0.15) is 11.4 Å². The maximum atomic E-state index is 11.7. The van der Waals surface area contributed by atoms with E-state index in [1.54, 1.807) is 37.2 Å². The summed E-state index contributed by atoms with van der Waals surface area (Å²) in [4.78, 5) is 29.0. The van der Waals surface area contributed by atoms with E-state index in [0.29, 0.717) is 24.5 Å². The Bertz CT molecular complexity index is 449. The van der Waals surface area contributed by atoms with Crippen molar-refractivity contribution in [1.82, 2.24) is 9.88 Å². The summed E-state index contributed by atoms with van der Waals surface area (Å²) >= 11 is 0. The number of aromatic nitrogens is 1. The molecule has 1 heterocycles. The number of amides is 1. The van der Waals surface area contributed by atoms with E-state index in [4.69, 9.17) is 4.74 Å². The molecule has 0 unspecified atom stereocenters. The molecule has 0 saturated heterocycles. The molecule has 0 aliphatic rings. The zero-order chi connectivity index (χ0) is 14.3. The number of ether oxygens (including phenoxy) is 1. The monoisotopic (exact) mass is 265 g/mol. The number of nitrogens with one attached hydrogen (secondary N) is 1. The van der Waals surface area contributed by atoms with Crippen molar-refractivity contribution < 1.29 is 14.3 Å². The molecule has 6 nitrogen and oxygen atoms in total. The number of likely N-dealkylation sites (N-methyl/N-ethyl adjacent to an activating group) is 1. The Morgan fingerprint density at radius 1 is 1.42 bits per heavy atom. The predicted octanol–water partition coefficient (Wildman–Crippen LogP) is 1.15. The largest absolute Gasteiger partial charge is 0.462 e. The average molecular weight is 265 g/mol. The highest BCUT2D eigenvalue weighted by Crippen LogP contribution is 2.12. The average Bonchev–Trinajstić information content (AvgIpc) is 2.44. The molecule has 0 bridgehead atoms. The van der Waals surface area contributed by atoms with Crippen LogP contribution in [-0.2, 0) is 9.53 Å². The Morgan fingerprint density at radius 2 is 2.16 bits per heavy atom. The highest BCUT2D eigenvalue weighted by molar-refractivity contribution is 5.95. The van der Waals surface area contributed by atoms with Gasteiger partial charge in [-0.2, -0.15) is 0 Å². The number of carbonyl (C=O) groups is 2. The Labute approximate surface area is 112 Å². The molecule has 0 radical (unpaired) electrons. The number of carbonyl (C=O) groups excluding carboxylic acids is 2. The van der Waals surface area contributed by atoms with Crippen molar-refractivity contribution in [2.24, 2.45) is 0 Å². The minimum atomic E-state index is -0.450. The van der Waals surface area contributed by atoms with E-state index in [1.165, 1.54) is 0 Å². The van der Waals surface area contributed by atoms with Crippen molar-refractivity contribution in [1.29, 1.82) is 0 Å². The van der Waals surface area contributed by atoms with Crippen LogP contribution >= 0.6 is 0 Å². The molecule has 0 aliphatic carbocycles. The molecule has 1 amide bonds. The minimum absolute atomic E-state index is 0.0667. The lowest BCUT2D eigenvalue weighted by Gasteiger charge is -2.15. The van der Waals surface area contributed by atoms with E-state index in [9.17, 15) is 9.59 Å². The molecule has 1 aromatic heterocycles. The maximum absolute atomic E-state index is 11.7. The van der Waals surface area contributed by atoms with Gasteiger partial charge in [0.25, 0.3) is 0 Å². The molecule has 6 heteroatoms. The second-order valence-corrected chi connectivity index (χ2v) is 3.88. The maximum Gasteiger partial charge on any atom is 0.341 e. The first-order chi connectivity index (χ1) is 9.10. The van der Waals surface area contributed by atoms with Gasteiger partial charge in [-0.3, -0.25) is 4.79 Å². The first-order valence-corrected chi connectivity index (χ1v) is 6.20. The lowest BCUT2D eigenvalue weighted by Crippen LogP contribution is -2.32. The minimum Gasteiger partial charge on any atom is -0.462 e. The topological polar surface area (TPSA) is 71.5 Å². The fourth-order valence-electron chi connectivity index (χ4n) is 1.39. The number of pyridine rings is 1. The van der Waals surface area contributed by atoms with Crippen LogP contribution in [0.1, 0.15) is 24.2 Å². The molecular weight excluding hydrogens is 246 g/mol. The first kappa shape index (κ1) is 14.9. The fourth-order valence-corrected chi connectivity index (χ4v) is 1.39. The van der Waals surface area contributed by atoms with Crippen LogP contribution in [0.5, 0.6) is 0 Å². The predicted molar refractivity (Wildman–Crippen MR) is 72.0 cm³/mol. The zero-order valence-electron chi connectivity index (χ0n) is 11.5. The van der Waals surface area contributed by atoms with Gasteiger partial charge in [-0.1, -0.05) is 0 Å². The van der Waals surface area contributed by atoms with Crippen LogP contribution in [0.4, 0.5) is 5.82 Å². The highest BCUT2D eigenvalue weighted by Gasteiger charge is 2.14. The third-order valence-corrected chi connectivity index (χ3v) is 2.61. The van der Waals surface area contributed by atoms with Gasteiger partial charge in [0, 0.05) is 19.8 Å². The highest BCUT2D eigenvalue weighted by atomic mass is 16.5. The second-order valence-electron chi connectivity index (χ2n) is 3.88. The van der Waals surface area contributed by atoms with E-state index in [0.717, 1.165) is 0 Å². The van der Waals surface area contributed by atoms with Crippen LogP contribution in [0, 0.1) is 0 Å². The number of rotatable bonds is 6. The van der Waals surface area contributed by atoms with E-state index in [2.05, 4.69) is 10.3 Å². The standard InChI is InChI=1S/C13H19N3O3/c1-4-16(3)11(17)9-15-12-10(7-6-8-14-12)13(18)19-5-2/h6-8H,4-5,9H2,1-3H3,(H,14,15). The summed E-state index contributed by atoms with van der Waals surface area (Å²) in [6.07, 6.45) is 1.55. The van der Waals surface area contributed by atoms with Crippen molar-refractivity contribution in [2.45, 2.75) is 13.8 Å². The Morgan fingerprint density at radius 3 is 2.79 bits per heavy atom. The van der Waals surface area contributed by atoms with Crippen LogP contribution in [0.15, 0.2) is 18.3 Å². The van der Waals surface area contributed by atoms with Gasteiger partial charge in [-0.25, -0.2) is 9.78 Å². The summed E-state index contributed by atoms with van der Waals surface area (Å²) in [5.41, 5.74) is 0.330. The van der Waals surface area contributed by atoms with Gasteiger partial charge in [0.15, 0.2) is 0 Å². The summed E-state index contributed by atoms with van der Waals surface area (Å²) in [7, 11) is 1.72. The molecule has 0 aliphatic heterocycles. The fraction of sp³-hybridized carbons (Fsp3) is 0.462. The molecular formula is C13H19N3O3. The van der Waals surface area contributed by atoms with Gasteiger partial charge in [0.05, 0.1) is 13.2 Å². The van der Waals surface area contributed by atoms with Crippen molar-refractivity contribution in [3.63, 3.8) is 0 Å². The molecule has 19 heavy (non-hydrogen) atoms. The van der Waals surface area contributed by atoms with Crippen LogP contribution in [-0.4, -0.2) is 48.5 Å². The summed E-state index contributed by atoms with van der Waals surface area (Å²) in [6, 6.07) is 3.26. The molecule has 1 N–H and O–H groups in total. The second kappa shape index (κ2) is 7.35. The van der Waals surface area contributed by atoms with Gasteiger partial charge in [-0.15, -0.1) is 0 Å². The molecule has 1 aromatic rings. The van der Waals surface area contributed by atoms with E-state index >= 15 is 0 Å². The summed E-state index contributed by atoms with van der Waals surface area (Å²) in [5, 5.41) is 2.86. The number of nitrogens with zero attached hydrogens (tertiary/aromatic N) is 2. The molecule has 0 fully saturated rings. The van der Waals surface area contributed by atoms with Crippen LogP contribution < -0.4 is 5.32 Å². The third-order valence-electron chi connectivity index (χ3n) is 2.61. The van der Waals surface area contributed by atoms with Gasteiger partial charge >= 0.3 is 5.97 Å². The lowest BCUT2D eigenvalue weighted by molar-refractivity contribution is -0.127. The molecule has 0 spiro atoms. The van der Waals surface area contributed by atoms with Gasteiger partial charge in [0.2, 0.25) is 5.91 Å². The summed E-state index contributed by atoms with van der Waals surface area (Å²) in [5.74, 6) is -0.156. The lowest BCUT2D eigenvalue weighted by atomic mass is 10.2. The van der Waals surface area contributed by atoms with Crippen LogP contribution in [0.25, 0.3) is 0 Å². The van der Waals surface area contributed by atoms with Crippen LogP contribution in [0.2, 0.25) is 0 Å². The summed E-state index contributed by atoms with van der Waals surface area (Å²) < 4.78 is 4.93. The third kappa shape index (κ3) is 4.24. The first-order valence-electron chi connectivity index (χ1n) is 6.20. The van der Waals surface area contributed by atoms with Gasteiger partial charge < -0.3 is 15.0 Å². The van der Waals surface area contributed by atoms with Crippen LogP contribution in [0.3, 0.4) is 0 Å². The Hall–Kier alpha value is -2.11. The normalized spacial score (nSPS) is 9.84. The SMILES string of the molecule is CCOC(=O)c1cccnc1NCC(=O)N(C)CC. The smallest absolute Gasteiger partial charge is 0.341 e. The van der Waals surface area contributed by atoms with Crippen molar-refractivity contribution in [2.75, 3.05) is 32.1 Å². The quantitative estimate of drug-likeness (QED) is 0.781. The number of esters is 1. The number of hydrogen-bond donors (Lipinski definition) is 1. The zero-order valence-corrected chi connectivity index (χ0v) is 11.5. The van der Waals surface area contributed by atoms with E-state index < -0.39 is 5.97 Å². The molecule has 0 atom stereocenters. The van der Waals surface area contributed by atoms with Gasteiger partial charge in [-0.05, 0) is 26.0 Å². The van der Waals surface area contributed by atoms with Crippen molar-refractivity contribution in [3.8, 4) is 0 Å². The Balaban J connectivity index is 2.73. The van der Waals surface area contributed by atoms with Crippen molar-refractivity contribution in [3.05, 3.63) is 23.9 Å². The van der Waals surface area contributed by atoms with Crippen molar-refractivity contribution >= 4 is 17.7 Å². The molecule has 104 valence electrons. The summed E-state index contributed by atoms with van der Waals surface area (Å²) in [6.45, 7) is 4.65. The number of anilines is 1. The van der Waals surface area contributed by atoms with E-state index in [-0.39, 0.29) is 12.5 Å².